The van der Waals surface area contributed by atoms with Gasteiger partial charge in [0.15, 0.2) is 0 Å². The predicted molar refractivity (Wildman–Crippen MR) is 121 cm³/mol. The van der Waals surface area contributed by atoms with Crippen LogP contribution in [0.5, 0.6) is 5.75 Å². The minimum Gasteiger partial charge on any atom is -0.496 e. The summed E-state index contributed by atoms with van der Waals surface area (Å²) >= 11 is 0. The van der Waals surface area contributed by atoms with Crippen molar-refractivity contribution < 1.29 is 19.1 Å². The molecule has 2 aliphatic rings. The zero-order valence-corrected chi connectivity index (χ0v) is 19.4. The molecule has 170 valence electrons. The van der Waals surface area contributed by atoms with E-state index in [0.717, 1.165) is 25.9 Å². The molecular formula is C24H35N3O4. The van der Waals surface area contributed by atoms with Crippen LogP contribution in [0.3, 0.4) is 0 Å². The van der Waals surface area contributed by atoms with Gasteiger partial charge in [-0.05, 0) is 59.3 Å². The van der Waals surface area contributed by atoms with Gasteiger partial charge in [-0.3, -0.25) is 14.5 Å². The number of para-hydroxylation sites is 1. The number of likely N-dealkylation sites (tertiary alicyclic amines) is 1. The molecule has 1 aromatic rings. The van der Waals surface area contributed by atoms with Crippen molar-refractivity contribution in [2.24, 2.45) is 0 Å². The van der Waals surface area contributed by atoms with Gasteiger partial charge < -0.3 is 19.3 Å². The molecule has 0 spiro atoms. The molecule has 1 aromatic carbocycles. The summed E-state index contributed by atoms with van der Waals surface area (Å²) in [6.45, 7) is 6.76. The summed E-state index contributed by atoms with van der Waals surface area (Å²) in [5.74, 6) is 0.114. The maximum absolute atomic E-state index is 13.5. The molecule has 0 saturated carbocycles. The molecule has 1 fully saturated rings. The molecule has 7 nitrogen and oxygen atoms in total. The van der Waals surface area contributed by atoms with E-state index < -0.39 is 0 Å². The monoisotopic (exact) mass is 429 g/mol. The quantitative estimate of drug-likeness (QED) is 0.444. The van der Waals surface area contributed by atoms with Crippen molar-refractivity contribution in [1.29, 1.82) is 0 Å². The summed E-state index contributed by atoms with van der Waals surface area (Å²) in [5, 5.41) is 0. The number of ether oxygens (including phenoxy) is 2. The standard InChI is InChI=1S/C24H35N3O4/c1-17(2)31-16-8-13-27-23(28)21(19-9-6-7-10-20(19)30-5)22(24(27)29)26(4)18-11-14-25(3)15-12-18/h6-7,9-10,17-18H,8,11-16H2,1-5H3. The topological polar surface area (TPSA) is 62.3 Å². The van der Waals surface area contributed by atoms with Crippen LogP contribution in [0.1, 0.15) is 38.7 Å². The summed E-state index contributed by atoms with van der Waals surface area (Å²) in [6, 6.07) is 7.64. The van der Waals surface area contributed by atoms with Gasteiger partial charge in [-0.1, -0.05) is 18.2 Å². The third kappa shape index (κ3) is 5.10. The molecule has 0 N–H and O–H groups in total. The van der Waals surface area contributed by atoms with Gasteiger partial charge in [-0.25, -0.2) is 0 Å². The van der Waals surface area contributed by atoms with Gasteiger partial charge >= 0.3 is 0 Å². The van der Waals surface area contributed by atoms with Crippen LogP contribution in [-0.4, -0.2) is 86.1 Å². The van der Waals surface area contributed by atoms with E-state index in [1.54, 1.807) is 7.11 Å². The molecule has 0 aliphatic carbocycles. The molecule has 0 aromatic heterocycles. The largest absolute Gasteiger partial charge is 0.496 e. The summed E-state index contributed by atoms with van der Waals surface area (Å²) in [5.41, 5.74) is 1.58. The second-order valence-electron chi connectivity index (χ2n) is 8.60. The van der Waals surface area contributed by atoms with Gasteiger partial charge in [0, 0.05) is 31.8 Å². The molecule has 3 rings (SSSR count). The second kappa shape index (κ2) is 10.3. The number of carbonyl (C=O) groups excluding carboxylic acids is 2. The average molecular weight is 430 g/mol. The third-order valence-corrected chi connectivity index (χ3v) is 6.09. The number of benzene rings is 1. The van der Waals surface area contributed by atoms with Crippen molar-refractivity contribution in [2.75, 3.05) is 47.4 Å². The third-order valence-electron chi connectivity index (χ3n) is 6.09. The smallest absolute Gasteiger partial charge is 0.277 e. The average Bonchev–Trinajstić information content (AvgIpc) is 3.00. The minimum absolute atomic E-state index is 0.123. The lowest BCUT2D eigenvalue weighted by Crippen LogP contribution is -2.43. The van der Waals surface area contributed by atoms with E-state index >= 15 is 0 Å². The SMILES string of the molecule is COc1ccccc1C1=C(N(C)C2CCN(C)CC2)C(=O)N(CCCOC(C)C)C1=O. The van der Waals surface area contributed by atoms with Crippen molar-refractivity contribution >= 4 is 17.4 Å². The van der Waals surface area contributed by atoms with Crippen LogP contribution in [-0.2, 0) is 14.3 Å². The van der Waals surface area contributed by atoms with Gasteiger partial charge in [0.05, 0.1) is 18.8 Å². The molecule has 0 bridgehead atoms. The Bertz CT molecular complexity index is 828. The maximum atomic E-state index is 13.5. The fourth-order valence-electron chi connectivity index (χ4n) is 4.29. The number of hydrogen-bond donors (Lipinski definition) is 0. The highest BCUT2D eigenvalue weighted by Gasteiger charge is 2.42. The van der Waals surface area contributed by atoms with Crippen LogP contribution in [0.2, 0.25) is 0 Å². The zero-order valence-electron chi connectivity index (χ0n) is 19.4. The lowest BCUT2D eigenvalue weighted by atomic mass is 9.99. The fourth-order valence-corrected chi connectivity index (χ4v) is 4.29. The number of carbonyl (C=O) groups is 2. The number of nitrogens with zero attached hydrogens (tertiary/aromatic N) is 3. The summed E-state index contributed by atoms with van der Waals surface area (Å²) in [6.07, 6.45) is 2.65. The number of likely N-dealkylation sites (N-methyl/N-ethyl adjacent to an activating group) is 1. The summed E-state index contributed by atoms with van der Waals surface area (Å²) in [7, 11) is 5.64. The first-order valence-corrected chi connectivity index (χ1v) is 11.1. The van der Waals surface area contributed by atoms with E-state index in [-0.39, 0.29) is 24.0 Å². The Kier molecular flexibility index (Phi) is 7.73. The Balaban J connectivity index is 1.93. The highest BCUT2D eigenvalue weighted by molar-refractivity contribution is 6.36. The first-order chi connectivity index (χ1) is 14.8. The molecule has 0 radical (unpaired) electrons. The Morgan fingerprint density at radius 1 is 1.13 bits per heavy atom. The van der Waals surface area contributed by atoms with E-state index in [1.807, 2.05) is 50.1 Å². The van der Waals surface area contributed by atoms with Crippen molar-refractivity contribution in [1.82, 2.24) is 14.7 Å². The Labute approximate surface area is 185 Å². The molecule has 2 aliphatic heterocycles. The van der Waals surface area contributed by atoms with Crippen molar-refractivity contribution in [3.8, 4) is 5.75 Å². The summed E-state index contributed by atoms with van der Waals surface area (Å²) < 4.78 is 11.1. The van der Waals surface area contributed by atoms with Crippen LogP contribution in [0.15, 0.2) is 30.0 Å². The number of rotatable bonds is 9. The van der Waals surface area contributed by atoms with Gasteiger partial charge in [0.1, 0.15) is 11.4 Å². The van der Waals surface area contributed by atoms with E-state index in [4.69, 9.17) is 9.47 Å². The van der Waals surface area contributed by atoms with Gasteiger partial charge in [-0.2, -0.15) is 0 Å². The molecule has 1 saturated heterocycles. The normalized spacial score (nSPS) is 18.5. The van der Waals surface area contributed by atoms with E-state index in [0.29, 0.717) is 42.2 Å². The Hall–Kier alpha value is -2.38. The maximum Gasteiger partial charge on any atom is 0.277 e. The number of methoxy groups -OCH3 is 1. The molecule has 2 amide bonds. The molecular weight excluding hydrogens is 394 g/mol. The van der Waals surface area contributed by atoms with Gasteiger partial charge in [-0.15, -0.1) is 0 Å². The summed E-state index contributed by atoms with van der Waals surface area (Å²) in [4.78, 5) is 32.7. The van der Waals surface area contributed by atoms with Crippen LogP contribution >= 0.6 is 0 Å². The number of imide groups is 1. The van der Waals surface area contributed by atoms with Gasteiger partial charge in [0.2, 0.25) is 0 Å². The number of piperidine rings is 1. The molecule has 0 unspecified atom stereocenters. The zero-order chi connectivity index (χ0) is 22.5. The molecule has 31 heavy (non-hydrogen) atoms. The predicted octanol–water partition coefficient (Wildman–Crippen LogP) is 2.62. The van der Waals surface area contributed by atoms with Crippen molar-refractivity contribution in [3.63, 3.8) is 0 Å². The lowest BCUT2D eigenvalue weighted by Gasteiger charge is -2.36. The molecule has 0 atom stereocenters. The minimum atomic E-state index is -0.256. The first kappa shape index (κ1) is 23.3. The Morgan fingerprint density at radius 2 is 1.81 bits per heavy atom. The van der Waals surface area contributed by atoms with Crippen molar-refractivity contribution in [2.45, 2.75) is 45.3 Å². The van der Waals surface area contributed by atoms with Crippen LogP contribution in [0.4, 0.5) is 0 Å². The van der Waals surface area contributed by atoms with E-state index in [1.165, 1.54) is 4.90 Å². The van der Waals surface area contributed by atoms with Crippen LogP contribution in [0.25, 0.3) is 5.57 Å². The fraction of sp³-hybridized carbons (Fsp3) is 0.583. The van der Waals surface area contributed by atoms with E-state index in [2.05, 4.69) is 11.9 Å². The van der Waals surface area contributed by atoms with E-state index in [9.17, 15) is 9.59 Å². The first-order valence-electron chi connectivity index (χ1n) is 11.1. The Morgan fingerprint density at radius 3 is 2.45 bits per heavy atom. The van der Waals surface area contributed by atoms with Crippen LogP contribution in [0, 0.1) is 0 Å². The number of amides is 2. The van der Waals surface area contributed by atoms with Gasteiger partial charge in [0.25, 0.3) is 11.8 Å². The highest BCUT2D eigenvalue weighted by Crippen LogP contribution is 2.37. The highest BCUT2D eigenvalue weighted by atomic mass is 16.5. The number of hydrogen-bond acceptors (Lipinski definition) is 6. The van der Waals surface area contributed by atoms with Crippen LogP contribution < -0.4 is 4.74 Å². The molecule has 2 heterocycles. The lowest BCUT2D eigenvalue weighted by molar-refractivity contribution is -0.137. The second-order valence-corrected chi connectivity index (χ2v) is 8.60. The molecule has 7 heteroatoms. The van der Waals surface area contributed by atoms with Crippen molar-refractivity contribution in [3.05, 3.63) is 35.5 Å².